The van der Waals surface area contributed by atoms with Gasteiger partial charge in [0.25, 0.3) is 0 Å². The van der Waals surface area contributed by atoms with Gasteiger partial charge in [-0.05, 0) is 45.9 Å². The molecule has 4 nitrogen and oxygen atoms in total. The zero-order valence-corrected chi connectivity index (χ0v) is 12.9. The van der Waals surface area contributed by atoms with Crippen molar-refractivity contribution in [3.8, 4) is 11.8 Å². The normalized spacial score (nSPS) is 12.4. The number of hydrogen-bond donors (Lipinski definition) is 0. The molecule has 0 saturated carbocycles. The maximum Gasteiger partial charge on any atom is 0.347 e. The molecule has 1 unspecified atom stereocenters. The summed E-state index contributed by atoms with van der Waals surface area (Å²) in [4.78, 5) is 11.8. The van der Waals surface area contributed by atoms with Gasteiger partial charge in [-0.3, -0.25) is 0 Å². The van der Waals surface area contributed by atoms with E-state index in [1.807, 2.05) is 6.07 Å². The largest absolute Gasteiger partial charge is 0.478 e. The Kier molecular flexibility index (Phi) is 4.96. The molecule has 0 amide bonds. The minimum Gasteiger partial charge on any atom is -0.478 e. The molecular formula is C14H16BrNO3. The van der Waals surface area contributed by atoms with Crippen LogP contribution in [0.15, 0.2) is 22.7 Å². The highest BCUT2D eigenvalue weighted by molar-refractivity contribution is 9.10. The first-order valence-corrected chi connectivity index (χ1v) is 6.61. The van der Waals surface area contributed by atoms with Crippen LogP contribution in [0.3, 0.4) is 0 Å². The van der Waals surface area contributed by atoms with Crippen LogP contribution in [0, 0.1) is 11.3 Å². The highest BCUT2D eigenvalue weighted by Crippen LogP contribution is 2.24. The zero-order chi connectivity index (χ0) is 14.6. The second-order valence-electron chi connectivity index (χ2n) is 5.05. The molecule has 0 aliphatic heterocycles. The van der Waals surface area contributed by atoms with Gasteiger partial charge in [-0.25, -0.2) is 4.79 Å². The number of nitriles is 1. The SMILES string of the molecule is CC(Oc1ccc(Br)cc1C#N)C(=O)OC(C)(C)C. The van der Waals surface area contributed by atoms with E-state index in [1.165, 1.54) is 0 Å². The molecule has 1 rings (SSSR count). The maximum atomic E-state index is 11.8. The van der Waals surface area contributed by atoms with Crippen LogP contribution in [-0.2, 0) is 9.53 Å². The highest BCUT2D eigenvalue weighted by atomic mass is 79.9. The van der Waals surface area contributed by atoms with Crippen molar-refractivity contribution < 1.29 is 14.3 Å². The van der Waals surface area contributed by atoms with Gasteiger partial charge >= 0.3 is 5.97 Å². The number of benzene rings is 1. The quantitative estimate of drug-likeness (QED) is 0.799. The van der Waals surface area contributed by atoms with Crippen LogP contribution in [0.1, 0.15) is 33.3 Å². The van der Waals surface area contributed by atoms with Gasteiger partial charge in [0.2, 0.25) is 0 Å². The van der Waals surface area contributed by atoms with Crippen LogP contribution in [0.25, 0.3) is 0 Å². The molecule has 19 heavy (non-hydrogen) atoms. The Labute approximate surface area is 121 Å². The fourth-order valence-corrected chi connectivity index (χ4v) is 1.68. The van der Waals surface area contributed by atoms with E-state index in [1.54, 1.807) is 45.9 Å². The summed E-state index contributed by atoms with van der Waals surface area (Å²) in [6.45, 7) is 6.96. The third-order valence-corrected chi connectivity index (χ3v) is 2.60. The zero-order valence-electron chi connectivity index (χ0n) is 11.4. The second-order valence-corrected chi connectivity index (χ2v) is 5.96. The number of rotatable bonds is 3. The number of carbonyl (C=O) groups is 1. The summed E-state index contributed by atoms with van der Waals surface area (Å²) in [5.41, 5.74) is -0.197. The number of ether oxygens (including phenoxy) is 2. The van der Waals surface area contributed by atoms with E-state index in [-0.39, 0.29) is 0 Å². The molecule has 0 bridgehead atoms. The Morgan fingerprint density at radius 2 is 2.05 bits per heavy atom. The van der Waals surface area contributed by atoms with Crippen LogP contribution in [0.2, 0.25) is 0 Å². The summed E-state index contributed by atoms with van der Waals surface area (Å²) in [6, 6.07) is 7.05. The number of hydrogen-bond acceptors (Lipinski definition) is 4. The molecule has 0 N–H and O–H groups in total. The van der Waals surface area contributed by atoms with Crippen molar-refractivity contribution >= 4 is 21.9 Å². The van der Waals surface area contributed by atoms with Crippen molar-refractivity contribution in [2.24, 2.45) is 0 Å². The number of halogens is 1. The maximum absolute atomic E-state index is 11.8. The fourth-order valence-electron chi connectivity index (χ4n) is 1.32. The minimum absolute atomic E-state index is 0.365. The Morgan fingerprint density at radius 1 is 1.42 bits per heavy atom. The molecule has 1 atom stereocenters. The molecule has 0 saturated heterocycles. The van der Waals surface area contributed by atoms with Gasteiger partial charge in [-0.15, -0.1) is 0 Å². The average molecular weight is 326 g/mol. The Hall–Kier alpha value is -1.54. The minimum atomic E-state index is -0.771. The van der Waals surface area contributed by atoms with Gasteiger partial charge in [-0.1, -0.05) is 15.9 Å². The lowest BCUT2D eigenvalue weighted by Gasteiger charge is -2.22. The summed E-state index contributed by atoms with van der Waals surface area (Å²) >= 11 is 3.27. The molecule has 0 radical (unpaired) electrons. The Morgan fingerprint density at radius 3 is 2.58 bits per heavy atom. The van der Waals surface area contributed by atoms with E-state index in [9.17, 15) is 4.79 Å². The first-order chi connectivity index (χ1) is 8.73. The summed E-state index contributed by atoms with van der Waals surface area (Å²) in [5.74, 6) is -0.0941. The predicted molar refractivity (Wildman–Crippen MR) is 74.8 cm³/mol. The highest BCUT2D eigenvalue weighted by Gasteiger charge is 2.23. The van der Waals surface area contributed by atoms with E-state index >= 15 is 0 Å². The van der Waals surface area contributed by atoms with E-state index in [0.717, 1.165) is 4.47 Å². The molecule has 1 aromatic carbocycles. The van der Waals surface area contributed by atoms with Crippen molar-refractivity contribution in [1.29, 1.82) is 5.26 Å². The molecule has 0 fully saturated rings. The van der Waals surface area contributed by atoms with Crippen LogP contribution >= 0.6 is 15.9 Å². The van der Waals surface area contributed by atoms with E-state index in [4.69, 9.17) is 14.7 Å². The van der Waals surface area contributed by atoms with Gasteiger partial charge < -0.3 is 9.47 Å². The van der Waals surface area contributed by atoms with Crippen molar-refractivity contribution in [2.45, 2.75) is 39.4 Å². The van der Waals surface area contributed by atoms with Crippen molar-refractivity contribution in [1.82, 2.24) is 0 Å². The number of esters is 1. The average Bonchev–Trinajstić information content (AvgIpc) is 2.29. The fraction of sp³-hybridized carbons (Fsp3) is 0.429. The van der Waals surface area contributed by atoms with Crippen LogP contribution in [0.5, 0.6) is 5.75 Å². The molecular weight excluding hydrogens is 310 g/mol. The Bertz CT molecular complexity index is 514. The lowest BCUT2D eigenvalue weighted by molar-refractivity contribution is -0.162. The van der Waals surface area contributed by atoms with Crippen LogP contribution in [-0.4, -0.2) is 17.7 Å². The van der Waals surface area contributed by atoms with Crippen molar-refractivity contribution in [3.63, 3.8) is 0 Å². The van der Waals surface area contributed by atoms with Crippen molar-refractivity contribution in [2.75, 3.05) is 0 Å². The summed E-state index contributed by atoms with van der Waals surface area (Å²) < 4.78 is 11.5. The first-order valence-electron chi connectivity index (χ1n) is 5.82. The third kappa shape index (κ3) is 4.92. The predicted octanol–water partition coefficient (Wildman–Crippen LogP) is 3.43. The smallest absolute Gasteiger partial charge is 0.347 e. The standard InChI is InChI=1S/C14H16BrNO3/c1-9(13(17)19-14(2,3)4)18-12-6-5-11(15)7-10(12)8-16/h5-7,9H,1-4H3. The van der Waals surface area contributed by atoms with Gasteiger partial charge in [0, 0.05) is 4.47 Å². The molecule has 0 aromatic heterocycles. The monoisotopic (exact) mass is 325 g/mol. The van der Waals surface area contributed by atoms with Gasteiger partial charge in [0.15, 0.2) is 6.10 Å². The van der Waals surface area contributed by atoms with Crippen LogP contribution < -0.4 is 4.74 Å². The lowest BCUT2D eigenvalue weighted by Crippen LogP contribution is -2.33. The molecule has 5 heteroatoms. The van der Waals surface area contributed by atoms with Gasteiger partial charge in [0.1, 0.15) is 17.4 Å². The van der Waals surface area contributed by atoms with Gasteiger partial charge in [-0.2, -0.15) is 5.26 Å². The van der Waals surface area contributed by atoms with Crippen LogP contribution in [0.4, 0.5) is 0 Å². The molecule has 0 spiro atoms. The first kappa shape index (κ1) is 15.5. The summed E-state index contributed by atoms with van der Waals surface area (Å²) in [7, 11) is 0. The summed E-state index contributed by atoms with van der Waals surface area (Å²) in [6.07, 6.45) is -0.771. The summed E-state index contributed by atoms with van der Waals surface area (Å²) in [5, 5.41) is 9.01. The number of nitrogens with zero attached hydrogens (tertiary/aromatic N) is 1. The van der Waals surface area contributed by atoms with E-state index < -0.39 is 17.7 Å². The van der Waals surface area contributed by atoms with Gasteiger partial charge in [0.05, 0.1) is 5.56 Å². The molecule has 0 aliphatic carbocycles. The topological polar surface area (TPSA) is 59.3 Å². The number of carbonyl (C=O) groups excluding carboxylic acids is 1. The lowest BCUT2D eigenvalue weighted by atomic mass is 10.2. The molecule has 0 heterocycles. The van der Waals surface area contributed by atoms with Crippen molar-refractivity contribution in [3.05, 3.63) is 28.2 Å². The van der Waals surface area contributed by atoms with E-state index in [2.05, 4.69) is 15.9 Å². The molecule has 102 valence electrons. The second kappa shape index (κ2) is 6.07. The molecule has 1 aromatic rings. The Balaban J connectivity index is 2.80. The molecule has 0 aliphatic rings. The third-order valence-electron chi connectivity index (χ3n) is 2.10. The van der Waals surface area contributed by atoms with E-state index in [0.29, 0.717) is 11.3 Å².